The first-order valence-corrected chi connectivity index (χ1v) is 8.14. The summed E-state index contributed by atoms with van der Waals surface area (Å²) in [6.07, 6.45) is 0.866. The Balaban J connectivity index is 1.99. The lowest BCUT2D eigenvalue weighted by Gasteiger charge is -2.20. The number of aryl methyl sites for hydroxylation is 1. The molecule has 0 radical (unpaired) electrons. The van der Waals surface area contributed by atoms with Gasteiger partial charge >= 0.3 is 0 Å². The lowest BCUT2D eigenvalue weighted by molar-refractivity contribution is -0.119. The molecule has 2 N–H and O–H groups in total. The molecule has 1 aromatic rings. The van der Waals surface area contributed by atoms with Gasteiger partial charge < -0.3 is 10.6 Å². The van der Waals surface area contributed by atoms with E-state index in [1.165, 1.54) is 11.3 Å². The summed E-state index contributed by atoms with van der Waals surface area (Å²) in [5, 5.41) is 0. The molecule has 0 saturated carbocycles. The van der Waals surface area contributed by atoms with Crippen molar-refractivity contribution >= 4 is 39.1 Å². The van der Waals surface area contributed by atoms with E-state index in [1.54, 1.807) is 0 Å². The van der Waals surface area contributed by atoms with Crippen LogP contribution in [0.3, 0.4) is 0 Å². The molecule has 5 nitrogen and oxygen atoms in total. The largest absolute Gasteiger partial charge is 0.369 e. The van der Waals surface area contributed by atoms with Crippen LogP contribution in [0.4, 0.5) is 0 Å². The van der Waals surface area contributed by atoms with E-state index in [9.17, 15) is 9.59 Å². The number of rotatable bonds is 3. The van der Waals surface area contributed by atoms with Crippen molar-refractivity contribution < 1.29 is 9.59 Å². The number of amides is 2. The van der Waals surface area contributed by atoms with Crippen LogP contribution < -0.4 is 5.73 Å². The van der Waals surface area contributed by atoms with E-state index in [4.69, 9.17) is 5.73 Å². The van der Waals surface area contributed by atoms with Gasteiger partial charge in [-0.3, -0.25) is 14.5 Å². The predicted molar refractivity (Wildman–Crippen MR) is 82.9 cm³/mol. The number of carbonyl (C=O) groups excluding carboxylic acids is 2. The van der Waals surface area contributed by atoms with Crippen LogP contribution in [0.15, 0.2) is 9.85 Å². The van der Waals surface area contributed by atoms with Crippen molar-refractivity contribution in [2.75, 3.05) is 32.7 Å². The molecule has 1 fully saturated rings. The Bertz CT molecular complexity index is 498. The molecule has 2 amide bonds. The van der Waals surface area contributed by atoms with Crippen molar-refractivity contribution in [1.29, 1.82) is 0 Å². The second kappa shape index (κ2) is 6.69. The highest BCUT2D eigenvalue weighted by atomic mass is 79.9. The fraction of sp³-hybridized carbons (Fsp3) is 0.538. The highest BCUT2D eigenvalue weighted by Gasteiger charge is 2.22. The minimum atomic E-state index is -0.317. The van der Waals surface area contributed by atoms with Gasteiger partial charge in [-0.05, 0) is 40.9 Å². The van der Waals surface area contributed by atoms with Crippen LogP contribution in [0.25, 0.3) is 0 Å². The van der Waals surface area contributed by atoms with E-state index in [0.29, 0.717) is 13.1 Å². The SMILES string of the molecule is Cc1cc(C(=O)N2CCCN(CC(N)=O)CC2)sc1Br. The maximum absolute atomic E-state index is 12.5. The van der Waals surface area contributed by atoms with Gasteiger partial charge in [0.2, 0.25) is 5.91 Å². The first-order chi connectivity index (χ1) is 9.47. The van der Waals surface area contributed by atoms with Crippen LogP contribution >= 0.6 is 27.3 Å². The molecule has 110 valence electrons. The van der Waals surface area contributed by atoms with Crippen molar-refractivity contribution in [1.82, 2.24) is 9.80 Å². The number of nitrogens with zero attached hydrogens (tertiary/aromatic N) is 2. The molecule has 2 heterocycles. The number of carbonyl (C=O) groups is 2. The number of nitrogens with two attached hydrogens (primary N) is 1. The molecule has 0 bridgehead atoms. The summed E-state index contributed by atoms with van der Waals surface area (Å²) in [4.78, 5) is 28.0. The summed E-state index contributed by atoms with van der Waals surface area (Å²) in [5.41, 5.74) is 6.30. The van der Waals surface area contributed by atoms with E-state index in [1.807, 2.05) is 22.8 Å². The molecule has 1 aromatic heterocycles. The van der Waals surface area contributed by atoms with Gasteiger partial charge in [-0.25, -0.2) is 0 Å². The molecule has 7 heteroatoms. The third-order valence-corrected chi connectivity index (χ3v) is 5.45. The summed E-state index contributed by atoms with van der Waals surface area (Å²) >= 11 is 4.92. The summed E-state index contributed by atoms with van der Waals surface area (Å²) in [5.74, 6) is -0.243. The van der Waals surface area contributed by atoms with Gasteiger partial charge in [-0.2, -0.15) is 0 Å². The van der Waals surface area contributed by atoms with Crippen LogP contribution in [-0.4, -0.2) is 54.3 Å². The van der Waals surface area contributed by atoms with Gasteiger partial charge in [0.15, 0.2) is 0 Å². The molecule has 20 heavy (non-hydrogen) atoms. The number of hydrogen-bond donors (Lipinski definition) is 1. The van der Waals surface area contributed by atoms with Gasteiger partial charge in [0.05, 0.1) is 15.2 Å². The molecule has 1 aliphatic rings. The normalized spacial score (nSPS) is 17.0. The quantitative estimate of drug-likeness (QED) is 0.887. The van der Waals surface area contributed by atoms with E-state index >= 15 is 0 Å². The lowest BCUT2D eigenvalue weighted by atomic mass is 10.3. The molecular formula is C13H18BrN3O2S. The van der Waals surface area contributed by atoms with Crippen LogP contribution in [0.5, 0.6) is 0 Å². The lowest BCUT2D eigenvalue weighted by Crippen LogP contribution is -2.38. The Morgan fingerprint density at radius 1 is 1.35 bits per heavy atom. The van der Waals surface area contributed by atoms with Gasteiger partial charge in [0.25, 0.3) is 5.91 Å². The third-order valence-electron chi connectivity index (χ3n) is 3.32. The first-order valence-electron chi connectivity index (χ1n) is 6.53. The second-order valence-corrected chi connectivity index (χ2v) is 7.33. The molecule has 2 rings (SSSR count). The fourth-order valence-electron chi connectivity index (χ4n) is 2.27. The zero-order valence-electron chi connectivity index (χ0n) is 11.4. The van der Waals surface area contributed by atoms with Crippen molar-refractivity contribution in [3.63, 3.8) is 0 Å². The Morgan fingerprint density at radius 2 is 2.10 bits per heavy atom. The zero-order valence-corrected chi connectivity index (χ0v) is 13.8. The summed E-state index contributed by atoms with van der Waals surface area (Å²) in [7, 11) is 0. The van der Waals surface area contributed by atoms with Gasteiger partial charge in [-0.1, -0.05) is 0 Å². The van der Waals surface area contributed by atoms with Crippen molar-refractivity contribution in [2.24, 2.45) is 5.73 Å². The zero-order chi connectivity index (χ0) is 14.7. The number of hydrogen-bond acceptors (Lipinski definition) is 4. The predicted octanol–water partition coefficient (Wildman–Crippen LogP) is 1.45. The molecule has 1 aliphatic heterocycles. The van der Waals surface area contributed by atoms with Crippen LogP contribution in [-0.2, 0) is 4.79 Å². The van der Waals surface area contributed by atoms with E-state index in [0.717, 1.165) is 33.7 Å². The van der Waals surface area contributed by atoms with Crippen LogP contribution in [0.1, 0.15) is 21.7 Å². The maximum atomic E-state index is 12.5. The smallest absolute Gasteiger partial charge is 0.264 e. The minimum Gasteiger partial charge on any atom is -0.369 e. The maximum Gasteiger partial charge on any atom is 0.264 e. The summed E-state index contributed by atoms with van der Waals surface area (Å²) in [6, 6.07) is 1.92. The topological polar surface area (TPSA) is 66.6 Å². The second-order valence-electron chi connectivity index (χ2n) is 4.96. The van der Waals surface area contributed by atoms with E-state index < -0.39 is 0 Å². The molecule has 0 aromatic carbocycles. The van der Waals surface area contributed by atoms with Crippen molar-refractivity contribution in [2.45, 2.75) is 13.3 Å². The van der Waals surface area contributed by atoms with E-state index in [-0.39, 0.29) is 18.4 Å². The Hall–Kier alpha value is -0.920. The molecule has 0 spiro atoms. The molecule has 0 unspecified atom stereocenters. The summed E-state index contributed by atoms with van der Waals surface area (Å²) in [6.45, 7) is 5.11. The molecular weight excluding hydrogens is 342 g/mol. The van der Waals surface area contributed by atoms with Gasteiger partial charge in [-0.15, -0.1) is 11.3 Å². The fourth-order valence-corrected chi connectivity index (χ4v) is 3.78. The first kappa shape index (κ1) is 15.5. The highest BCUT2D eigenvalue weighted by molar-refractivity contribution is 9.11. The Labute approximate surface area is 130 Å². The summed E-state index contributed by atoms with van der Waals surface area (Å²) < 4.78 is 1.01. The monoisotopic (exact) mass is 359 g/mol. The standard InChI is InChI=1S/C13H18BrN3O2S/c1-9-7-10(20-12(9)14)13(19)17-4-2-3-16(5-6-17)8-11(15)18/h7H,2-6,8H2,1H3,(H2,15,18). The van der Waals surface area contributed by atoms with Gasteiger partial charge in [0.1, 0.15) is 0 Å². The number of thiophene rings is 1. The minimum absolute atomic E-state index is 0.0738. The number of halogens is 1. The Kier molecular flexibility index (Phi) is 5.17. The molecule has 0 aliphatic carbocycles. The number of primary amides is 1. The van der Waals surface area contributed by atoms with Crippen LogP contribution in [0, 0.1) is 6.92 Å². The van der Waals surface area contributed by atoms with Crippen LogP contribution in [0.2, 0.25) is 0 Å². The van der Waals surface area contributed by atoms with Crippen molar-refractivity contribution in [3.05, 3.63) is 20.3 Å². The average molecular weight is 360 g/mol. The highest BCUT2D eigenvalue weighted by Crippen LogP contribution is 2.28. The molecule has 1 saturated heterocycles. The Morgan fingerprint density at radius 3 is 2.70 bits per heavy atom. The van der Waals surface area contributed by atoms with Crippen molar-refractivity contribution in [3.8, 4) is 0 Å². The molecule has 0 atom stereocenters. The average Bonchev–Trinajstić information content (AvgIpc) is 2.60. The van der Waals surface area contributed by atoms with Gasteiger partial charge in [0, 0.05) is 26.2 Å². The third kappa shape index (κ3) is 3.80. The van der Waals surface area contributed by atoms with E-state index in [2.05, 4.69) is 15.9 Å².